The van der Waals surface area contributed by atoms with Crippen molar-refractivity contribution in [2.45, 2.75) is 19.4 Å². The number of anilines is 3. The summed E-state index contributed by atoms with van der Waals surface area (Å²) < 4.78 is 0. The second-order valence-electron chi connectivity index (χ2n) is 6.77. The standard InChI is InChI=1S/C21H21N5O2/c1-14(27)24-17-3-2-4-18(11-17)25-20-9-10-26(21(20)28)19-7-5-15(6-8-19)16-12-22-23-13-16/h2-8,11-13,20,25H,9-10H2,1H3,(H,22,23)(H,24,27). The number of carbonyl (C=O) groups is 2. The van der Waals surface area contributed by atoms with E-state index in [1.165, 1.54) is 6.92 Å². The minimum Gasteiger partial charge on any atom is -0.374 e. The molecule has 3 N–H and O–H groups in total. The molecule has 142 valence electrons. The lowest BCUT2D eigenvalue weighted by molar-refractivity contribution is -0.117. The van der Waals surface area contributed by atoms with Gasteiger partial charge < -0.3 is 15.5 Å². The summed E-state index contributed by atoms with van der Waals surface area (Å²) >= 11 is 0. The van der Waals surface area contributed by atoms with E-state index in [1.807, 2.05) is 54.7 Å². The van der Waals surface area contributed by atoms with Crippen LogP contribution in [0.5, 0.6) is 0 Å². The Bertz CT molecular complexity index is 982. The highest BCUT2D eigenvalue weighted by Gasteiger charge is 2.32. The van der Waals surface area contributed by atoms with Crippen LogP contribution >= 0.6 is 0 Å². The van der Waals surface area contributed by atoms with Crippen LogP contribution in [0.15, 0.2) is 60.9 Å². The monoisotopic (exact) mass is 375 g/mol. The predicted octanol–water partition coefficient (Wildman–Crippen LogP) is 3.25. The van der Waals surface area contributed by atoms with Gasteiger partial charge in [0.2, 0.25) is 11.8 Å². The third kappa shape index (κ3) is 3.73. The first-order valence-electron chi connectivity index (χ1n) is 9.15. The Morgan fingerprint density at radius 3 is 2.64 bits per heavy atom. The van der Waals surface area contributed by atoms with Crippen LogP contribution in [0, 0.1) is 0 Å². The van der Waals surface area contributed by atoms with E-state index in [0.29, 0.717) is 18.7 Å². The van der Waals surface area contributed by atoms with Gasteiger partial charge >= 0.3 is 0 Å². The summed E-state index contributed by atoms with van der Waals surface area (Å²) in [4.78, 5) is 25.9. The molecule has 1 aliphatic rings. The van der Waals surface area contributed by atoms with Crippen LogP contribution in [0.25, 0.3) is 11.1 Å². The van der Waals surface area contributed by atoms with Crippen molar-refractivity contribution in [3.8, 4) is 11.1 Å². The number of hydrogen-bond donors (Lipinski definition) is 3. The molecule has 0 spiro atoms. The Morgan fingerprint density at radius 1 is 1.14 bits per heavy atom. The van der Waals surface area contributed by atoms with E-state index in [0.717, 1.165) is 22.5 Å². The van der Waals surface area contributed by atoms with E-state index in [-0.39, 0.29) is 17.9 Å². The van der Waals surface area contributed by atoms with Crippen LogP contribution in [-0.2, 0) is 9.59 Å². The Labute approximate surface area is 162 Å². The molecular weight excluding hydrogens is 354 g/mol. The van der Waals surface area contributed by atoms with Gasteiger partial charge in [-0.05, 0) is 42.3 Å². The van der Waals surface area contributed by atoms with Gasteiger partial charge in [0.15, 0.2) is 0 Å². The highest BCUT2D eigenvalue weighted by molar-refractivity contribution is 6.01. The topological polar surface area (TPSA) is 90.1 Å². The largest absolute Gasteiger partial charge is 0.374 e. The lowest BCUT2D eigenvalue weighted by Crippen LogP contribution is -2.33. The third-order valence-electron chi connectivity index (χ3n) is 4.74. The van der Waals surface area contributed by atoms with E-state index in [4.69, 9.17) is 0 Å². The number of hydrogen-bond acceptors (Lipinski definition) is 4. The average Bonchev–Trinajstić information content (AvgIpc) is 3.33. The van der Waals surface area contributed by atoms with Crippen molar-refractivity contribution in [3.63, 3.8) is 0 Å². The van der Waals surface area contributed by atoms with Crippen molar-refractivity contribution < 1.29 is 9.59 Å². The fraction of sp³-hybridized carbons (Fsp3) is 0.190. The van der Waals surface area contributed by atoms with Crippen molar-refractivity contribution in [2.75, 3.05) is 22.1 Å². The maximum Gasteiger partial charge on any atom is 0.249 e. The molecular formula is C21H21N5O2. The smallest absolute Gasteiger partial charge is 0.249 e. The molecule has 4 rings (SSSR count). The van der Waals surface area contributed by atoms with Crippen LogP contribution < -0.4 is 15.5 Å². The number of amides is 2. The van der Waals surface area contributed by atoms with Crippen LogP contribution in [0.4, 0.5) is 17.1 Å². The molecule has 3 aromatic rings. The molecule has 1 atom stereocenters. The molecule has 7 nitrogen and oxygen atoms in total. The first kappa shape index (κ1) is 17.8. The Morgan fingerprint density at radius 2 is 1.93 bits per heavy atom. The highest BCUT2D eigenvalue weighted by Crippen LogP contribution is 2.27. The van der Waals surface area contributed by atoms with E-state index < -0.39 is 0 Å². The zero-order chi connectivity index (χ0) is 19.5. The van der Waals surface area contributed by atoms with Crippen LogP contribution in [0.2, 0.25) is 0 Å². The van der Waals surface area contributed by atoms with Crippen molar-refractivity contribution in [1.29, 1.82) is 0 Å². The summed E-state index contributed by atoms with van der Waals surface area (Å²) in [5.41, 5.74) is 4.46. The number of aromatic amines is 1. The van der Waals surface area contributed by atoms with Gasteiger partial charge in [0, 0.05) is 42.3 Å². The zero-order valence-corrected chi connectivity index (χ0v) is 15.5. The number of nitrogens with zero attached hydrogens (tertiary/aromatic N) is 2. The van der Waals surface area contributed by atoms with Gasteiger partial charge in [-0.15, -0.1) is 0 Å². The first-order valence-corrected chi connectivity index (χ1v) is 9.15. The van der Waals surface area contributed by atoms with Crippen LogP contribution in [0.3, 0.4) is 0 Å². The molecule has 7 heteroatoms. The molecule has 1 saturated heterocycles. The SMILES string of the molecule is CC(=O)Nc1cccc(NC2CCN(c3ccc(-c4cn[nH]c4)cc3)C2=O)c1. The van der Waals surface area contributed by atoms with Gasteiger partial charge in [-0.1, -0.05) is 18.2 Å². The minimum atomic E-state index is -0.291. The molecule has 2 amide bonds. The average molecular weight is 375 g/mol. The van der Waals surface area contributed by atoms with Crippen LogP contribution in [-0.4, -0.2) is 34.6 Å². The molecule has 1 aromatic heterocycles. The van der Waals surface area contributed by atoms with E-state index in [9.17, 15) is 9.59 Å². The predicted molar refractivity (Wildman–Crippen MR) is 109 cm³/mol. The molecule has 1 unspecified atom stereocenters. The van der Waals surface area contributed by atoms with Gasteiger partial charge in [-0.3, -0.25) is 14.7 Å². The molecule has 1 fully saturated rings. The lowest BCUT2D eigenvalue weighted by Gasteiger charge is -2.18. The second-order valence-corrected chi connectivity index (χ2v) is 6.77. The Hall–Kier alpha value is -3.61. The number of aromatic nitrogens is 2. The van der Waals surface area contributed by atoms with E-state index in [2.05, 4.69) is 20.8 Å². The molecule has 0 saturated carbocycles. The first-order chi connectivity index (χ1) is 13.6. The maximum absolute atomic E-state index is 12.9. The summed E-state index contributed by atoms with van der Waals surface area (Å²) in [6.45, 7) is 2.13. The summed E-state index contributed by atoms with van der Waals surface area (Å²) in [5, 5.41) is 12.8. The molecule has 0 bridgehead atoms. The zero-order valence-electron chi connectivity index (χ0n) is 15.5. The highest BCUT2D eigenvalue weighted by atomic mass is 16.2. The van der Waals surface area contributed by atoms with Crippen molar-refractivity contribution in [1.82, 2.24) is 10.2 Å². The summed E-state index contributed by atoms with van der Waals surface area (Å²) in [5.74, 6) is -0.0832. The second kappa shape index (κ2) is 7.56. The number of carbonyl (C=O) groups excluding carboxylic acids is 2. The Balaban J connectivity index is 1.44. The number of rotatable bonds is 5. The molecule has 0 aliphatic carbocycles. The quantitative estimate of drug-likeness (QED) is 0.638. The lowest BCUT2D eigenvalue weighted by atomic mass is 10.1. The normalized spacial score (nSPS) is 16.2. The van der Waals surface area contributed by atoms with Crippen molar-refractivity contribution in [2.24, 2.45) is 0 Å². The van der Waals surface area contributed by atoms with E-state index in [1.54, 1.807) is 11.1 Å². The van der Waals surface area contributed by atoms with Gasteiger partial charge in [0.25, 0.3) is 0 Å². The fourth-order valence-corrected chi connectivity index (χ4v) is 3.40. The van der Waals surface area contributed by atoms with Crippen molar-refractivity contribution >= 4 is 28.9 Å². The third-order valence-corrected chi connectivity index (χ3v) is 4.74. The summed E-state index contributed by atoms with van der Waals surface area (Å²) in [7, 11) is 0. The van der Waals surface area contributed by atoms with Gasteiger partial charge in [0.1, 0.15) is 6.04 Å². The molecule has 2 heterocycles. The Kier molecular flexibility index (Phi) is 4.80. The van der Waals surface area contributed by atoms with Gasteiger partial charge in [-0.2, -0.15) is 5.10 Å². The molecule has 1 aliphatic heterocycles. The molecule has 0 radical (unpaired) electrons. The maximum atomic E-state index is 12.9. The number of nitrogens with one attached hydrogen (secondary N) is 3. The summed E-state index contributed by atoms with van der Waals surface area (Å²) in [6, 6.07) is 15.0. The fourth-order valence-electron chi connectivity index (χ4n) is 3.40. The number of benzene rings is 2. The van der Waals surface area contributed by atoms with Gasteiger partial charge in [-0.25, -0.2) is 0 Å². The summed E-state index contributed by atoms with van der Waals surface area (Å²) in [6.07, 6.45) is 4.32. The molecule has 2 aromatic carbocycles. The van der Waals surface area contributed by atoms with Crippen LogP contribution in [0.1, 0.15) is 13.3 Å². The number of H-pyrrole nitrogens is 1. The minimum absolute atomic E-state index is 0.0426. The van der Waals surface area contributed by atoms with E-state index >= 15 is 0 Å². The van der Waals surface area contributed by atoms with Gasteiger partial charge in [0.05, 0.1) is 6.20 Å². The van der Waals surface area contributed by atoms with Crippen molar-refractivity contribution in [3.05, 3.63) is 60.9 Å². The molecule has 28 heavy (non-hydrogen) atoms.